The third-order valence-electron chi connectivity index (χ3n) is 5.28. The van der Waals surface area contributed by atoms with Crippen LogP contribution in [-0.4, -0.2) is 70.2 Å². The highest BCUT2D eigenvalue weighted by Gasteiger charge is 2.44. The molecule has 1 N–H and O–H groups in total. The van der Waals surface area contributed by atoms with Crippen LogP contribution in [0.4, 0.5) is 10.5 Å². The fraction of sp³-hybridized carbons (Fsp3) is 0.368. The SMILES string of the molecule is N#C[C@@H]1CN([C@@H]2CCN(C(=O)CO)C2)C(=O)N1c1cncc2ccccc12. The van der Waals surface area contributed by atoms with E-state index in [2.05, 4.69) is 11.1 Å². The van der Waals surface area contributed by atoms with Crippen molar-refractivity contribution in [2.45, 2.75) is 18.5 Å². The highest BCUT2D eigenvalue weighted by atomic mass is 16.3. The number of anilines is 1. The van der Waals surface area contributed by atoms with Crippen LogP contribution in [0.5, 0.6) is 0 Å². The van der Waals surface area contributed by atoms with E-state index in [-0.39, 0.29) is 24.5 Å². The maximum atomic E-state index is 13.2. The molecule has 1 aromatic heterocycles. The van der Waals surface area contributed by atoms with Gasteiger partial charge in [-0.05, 0) is 6.42 Å². The molecule has 0 saturated carbocycles. The van der Waals surface area contributed by atoms with E-state index in [0.717, 1.165) is 10.8 Å². The lowest BCUT2D eigenvalue weighted by atomic mass is 10.1. The quantitative estimate of drug-likeness (QED) is 0.873. The van der Waals surface area contributed by atoms with Crippen molar-refractivity contribution in [3.05, 3.63) is 36.7 Å². The van der Waals surface area contributed by atoms with Crippen LogP contribution in [-0.2, 0) is 4.79 Å². The van der Waals surface area contributed by atoms with Gasteiger partial charge >= 0.3 is 6.03 Å². The number of amides is 3. The molecule has 0 bridgehead atoms. The summed E-state index contributed by atoms with van der Waals surface area (Å²) in [5.74, 6) is -0.337. The number of pyridine rings is 1. The van der Waals surface area contributed by atoms with Gasteiger partial charge in [-0.15, -0.1) is 0 Å². The predicted molar refractivity (Wildman–Crippen MR) is 97.8 cm³/mol. The Labute approximate surface area is 156 Å². The van der Waals surface area contributed by atoms with Crippen LogP contribution >= 0.6 is 0 Å². The standard InChI is InChI=1S/C19H19N5O3/c20-7-15-11-23(14-5-6-22(10-14)18(26)12-25)19(27)24(15)17-9-21-8-13-3-1-2-4-16(13)17/h1-4,8-9,14-15,25H,5-6,10-12H2/t14-,15-/m1/s1. The Kier molecular flexibility index (Phi) is 4.38. The maximum absolute atomic E-state index is 13.2. The van der Waals surface area contributed by atoms with E-state index in [0.29, 0.717) is 25.2 Å². The molecule has 0 spiro atoms. The van der Waals surface area contributed by atoms with E-state index in [1.165, 1.54) is 4.90 Å². The Morgan fingerprint density at radius 2 is 2.11 bits per heavy atom. The normalized spacial score (nSPS) is 22.5. The zero-order valence-corrected chi connectivity index (χ0v) is 14.7. The molecule has 0 radical (unpaired) electrons. The first-order valence-electron chi connectivity index (χ1n) is 8.85. The summed E-state index contributed by atoms with van der Waals surface area (Å²) in [6.07, 6.45) is 3.98. The van der Waals surface area contributed by atoms with Crippen molar-refractivity contribution in [1.82, 2.24) is 14.8 Å². The summed E-state index contributed by atoms with van der Waals surface area (Å²) >= 11 is 0. The second kappa shape index (κ2) is 6.85. The second-order valence-electron chi connectivity index (χ2n) is 6.77. The lowest BCUT2D eigenvalue weighted by molar-refractivity contribution is -0.133. The first-order valence-corrected chi connectivity index (χ1v) is 8.85. The van der Waals surface area contributed by atoms with Gasteiger partial charge in [0.05, 0.1) is 30.5 Å². The largest absolute Gasteiger partial charge is 0.387 e. The van der Waals surface area contributed by atoms with Crippen molar-refractivity contribution in [3.63, 3.8) is 0 Å². The highest BCUT2D eigenvalue weighted by Crippen LogP contribution is 2.33. The van der Waals surface area contributed by atoms with Crippen molar-refractivity contribution < 1.29 is 14.7 Å². The Balaban J connectivity index is 1.64. The number of aliphatic hydroxyl groups excluding tert-OH is 1. The molecule has 2 aliphatic heterocycles. The summed E-state index contributed by atoms with van der Waals surface area (Å²) < 4.78 is 0. The summed E-state index contributed by atoms with van der Waals surface area (Å²) in [7, 11) is 0. The molecule has 2 aliphatic rings. The molecule has 0 aliphatic carbocycles. The summed E-state index contributed by atoms with van der Waals surface area (Å²) in [5.41, 5.74) is 0.619. The van der Waals surface area contributed by atoms with Crippen LogP contribution in [0.15, 0.2) is 36.7 Å². The Morgan fingerprint density at radius 3 is 2.89 bits per heavy atom. The highest BCUT2D eigenvalue weighted by molar-refractivity contribution is 6.04. The molecular formula is C19H19N5O3. The maximum Gasteiger partial charge on any atom is 0.326 e. The number of carbonyl (C=O) groups excluding carboxylic acids is 2. The molecule has 8 heteroatoms. The fourth-order valence-corrected chi connectivity index (χ4v) is 3.91. The molecule has 2 atom stereocenters. The molecule has 27 heavy (non-hydrogen) atoms. The van der Waals surface area contributed by atoms with E-state index in [9.17, 15) is 14.9 Å². The Morgan fingerprint density at radius 1 is 1.30 bits per heavy atom. The number of aromatic nitrogens is 1. The fourth-order valence-electron chi connectivity index (χ4n) is 3.91. The minimum atomic E-state index is -0.618. The number of carbonyl (C=O) groups is 2. The lowest BCUT2D eigenvalue weighted by Crippen LogP contribution is -2.42. The van der Waals surface area contributed by atoms with Gasteiger partial charge < -0.3 is 14.9 Å². The molecule has 1 aromatic carbocycles. The topological polar surface area (TPSA) is 101 Å². The number of rotatable bonds is 3. The molecular weight excluding hydrogens is 346 g/mol. The van der Waals surface area contributed by atoms with Gasteiger partial charge in [0.1, 0.15) is 12.6 Å². The van der Waals surface area contributed by atoms with Crippen LogP contribution in [0.3, 0.4) is 0 Å². The van der Waals surface area contributed by atoms with Crippen molar-refractivity contribution in [3.8, 4) is 6.07 Å². The first kappa shape index (κ1) is 17.2. The van der Waals surface area contributed by atoms with Gasteiger partial charge in [0.25, 0.3) is 0 Å². The van der Waals surface area contributed by atoms with Crippen molar-refractivity contribution in [2.75, 3.05) is 31.1 Å². The van der Waals surface area contributed by atoms with Crippen LogP contribution in [0.25, 0.3) is 10.8 Å². The number of benzene rings is 1. The van der Waals surface area contributed by atoms with Gasteiger partial charge in [0.2, 0.25) is 5.91 Å². The second-order valence-corrected chi connectivity index (χ2v) is 6.77. The van der Waals surface area contributed by atoms with Crippen molar-refractivity contribution in [1.29, 1.82) is 5.26 Å². The zero-order chi connectivity index (χ0) is 19.0. The molecule has 3 heterocycles. The van der Waals surface area contributed by atoms with Crippen molar-refractivity contribution >= 4 is 28.4 Å². The van der Waals surface area contributed by atoms with Crippen LogP contribution in [0.2, 0.25) is 0 Å². The van der Waals surface area contributed by atoms with Gasteiger partial charge in [-0.1, -0.05) is 24.3 Å². The number of hydrogen-bond acceptors (Lipinski definition) is 5. The number of fused-ring (bicyclic) bond motifs is 1. The van der Waals surface area contributed by atoms with Gasteiger partial charge in [-0.25, -0.2) is 4.79 Å². The van der Waals surface area contributed by atoms with E-state index in [1.54, 1.807) is 22.2 Å². The minimum absolute atomic E-state index is 0.156. The summed E-state index contributed by atoms with van der Waals surface area (Å²) in [5, 5.41) is 20.4. The number of aliphatic hydroxyl groups is 1. The minimum Gasteiger partial charge on any atom is -0.387 e. The number of likely N-dealkylation sites (tertiary alicyclic amines) is 1. The average molecular weight is 365 g/mol. The monoisotopic (exact) mass is 365 g/mol. The van der Waals surface area contributed by atoms with Gasteiger partial charge in [0.15, 0.2) is 0 Å². The number of nitrogens with zero attached hydrogens (tertiary/aromatic N) is 5. The third-order valence-corrected chi connectivity index (χ3v) is 5.28. The molecule has 8 nitrogen and oxygen atoms in total. The van der Waals surface area contributed by atoms with Crippen LogP contribution in [0, 0.1) is 11.3 Å². The summed E-state index contributed by atoms with van der Waals surface area (Å²) in [6.45, 7) is 0.630. The van der Waals surface area contributed by atoms with E-state index < -0.39 is 12.6 Å². The van der Waals surface area contributed by atoms with Gasteiger partial charge in [-0.3, -0.25) is 14.7 Å². The number of hydrogen-bond donors (Lipinski definition) is 1. The van der Waals surface area contributed by atoms with Gasteiger partial charge in [0, 0.05) is 30.1 Å². The van der Waals surface area contributed by atoms with Crippen LogP contribution in [0.1, 0.15) is 6.42 Å². The van der Waals surface area contributed by atoms with Gasteiger partial charge in [-0.2, -0.15) is 5.26 Å². The predicted octanol–water partition coefficient (Wildman–Crippen LogP) is 0.962. The molecule has 2 aromatic rings. The van der Waals surface area contributed by atoms with E-state index in [1.807, 2.05) is 24.3 Å². The molecule has 4 rings (SSSR count). The van der Waals surface area contributed by atoms with Crippen LogP contribution < -0.4 is 4.90 Å². The Bertz CT molecular complexity index is 935. The third kappa shape index (κ3) is 2.86. The summed E-state index contributed by atoms with van der Waals surface area (Å²) in [4.78, 5) is 33.8. The number of urea groups is 1. The summed E-state index contributed by atoms with van der Waals surface area (Å²) in [6, 6.07) is 8.82. The Hall–Kier alpha value is -3.18. The molecule has 2 fully saturated rings. The first-order chi connectivity index (χ1) is 13.1. The smallest absolute Gasteiger partial charge is 0.326 e. The molecule has 3 amide bonds. The molecule has 2 saturated heterocycles. The lowest BCUT2D eigenvalue weighted by Gasteiger charge is -2.25. The molecule has 0 unspecified atom stereocenters. The van der Waals surface area contributed by atoms with E-state index in [4.69, 9.17) is 5.11 Å². The number of nitriles is 1. The average Bonchev–Trinajstić information content (AvgIpc) is 3.31. The van der Waals surface area contributed by atoms with E-state index >= 15 is 0 Å². The molecule has 138 valence electrons. The zero-order valence-electron chi connectivity index (χ0n) is 14.7. The van der Waals surface area contributed by atoms with Crippen molar-refractivity contribution in [2.24, 2.45) is 0 Å².